The molecule has 1 atom stereocenters. The summed E-state index contributed by atoms with van der Waals surface area (Å²) in [7, 11) is 3.67. The summed E-state index contributed by atoms with van der Waals surface area (Å²) < 4.78 is 5.98. The molecule has 102 valence electrons. The van der Waals surface area contributed by atoms with Crippen LogP contribution in [0, 0.1) is 0 Å². The van der Waals surface area contributed by atoms with E-state index in [1.54, 1.807) is 0 Å². The summed E-state index contributed by atoms with van der Waals surface area (Å²) in [6, 6.07) is 8.83. The van der Waals surface area contributed by atoms with Gasteiger partial charge in [0.15, 0.2) is 0 Å². The van der Waals surface area contributed by atoms with Crippen LogP contribution in [-0.2, 0) is 4.74 Å². The van der Waals surface area contributed by atoms with Gasteiger partial charge in [0.2, 0.25) is 0 Å². The van der Waals surface area contributed by atoms with Gasteiger partial charge in [0.1, 0.15) is 5.44 Å². The SMILES string of the molecule is CCSSC(OC(C)C)c1ccc(C(C)C)cc1. The Morgan fingerprint density at radius 2 is 1.56 bits per heavy atom. The third-order valence-corrected chi connectivity index (χ3v) is 5.11. The molecular formula is C15H24OS2. The van der Waals surface area contributed by atoms with Gasteiger partial charge in [-0.05, 0) is 30.9 Å². The summed E-state index contributed by atoms with van der Waals surface area (Å²) >= 11 is 0. The van der Waals surface area contributed by atoms with E-state index in [2.05, 4.69) is 58.9 Å². The number of benzene rings is 1. The first-order valence-electron chi connectivity index (χ1n) is 6.58. The van der Waals surface area contributed by atoms with Crippen molar-refractivity contribution in [2.75, 3.05) is 5.75 Å². The Morgan fingerprint density at radius 1 is 1.00 bits per heavy atom. The van der Waals surface area contributed by atoms with Crippen molar-refractivity contribution >= 4 is 21.6 Å². The molecule has 0 aliphatic heterocycles. The van der Waals surface area contributed by atoms with E-state index in [9.17, 15) is 0 Å². The van der Waals surface area contributed by atoms with Gasteiger partial charge in [-0.1, -0.05) is 66.6 Å². The van der Waals surface area contributed by atoms with Gasteiger partial charge in [-0.3, -0.25) is 0 Å². The topological polar surface area (TPSA) is 9.23 Å². The van der Waals surface area contributed by atoms with Crippen molar-refractivity contribution in [3.63, 3.8) is 0 Å². The number of rotatable bonds is 7. The molecule has 0 bridgehead atoms. The fraction of sp³-hybridized carbons (Fsp3) is 0.600. The molecule has 0 saturated carbocycles. The molecule has 0 aliphatic carbocycles. The molecule has 0 radical (unpaired) electrons. The Bertz CT molecular complexity index is 333. The van der Waals surface area contributed by atoms with E-state index < -0.39 is 0 Å². The molecule has 0 fully saturated rings. The molecule has 3 heteroatoms. The molecule has 0 amide bonds. The summed E-state index contributed by atoms with van der Waals surface area (Å²) in [6.07, 6.45) is 0.254. The highest BCUT2D eigenvalue weighted by Gasteiger charge is 2.14. The Kier molecular flexibility index (Phi) is 7.20. The molecular weight excluding hydrogens is 260 g/mol. The lowest BCUT2D eigenvalue weighted by Gasteiger charge is -2.20. The lowest BCUT2D eigenvalue weighted by Crippen LogP contribution is -2.07. The van der Waals surface area contributed by atoms with Crippen molar-refractivity contribution < 1.29 is 4.74 Å². The summed E-state index contributed by atoms with van der Waals surface area (Å²) in [5.41, 5.74) is 2.78. The van der Waals surface area contributed by atoms with E-state index in [0.717, 1.165) is 5.75 Å². The first-order valence-corrected chi connectivity index (χ1v) is 8.96. The highest BCUT2D eigenvalue weighted by Crippen LogP contribution is 2.39. The molecule has 18 heavy (non-hydrogen) atoms. The molecule has 1 aromatic carbocycles. The molecule has 1 nitrogen and oxygen atoms in total. The minimum atomic E-state index is 0.135. The highest BCUT2D eigenvalue weighted by atomic mass is 33.1. The summed E-state index contributed by atoms with van der Waals surface area (Å²) in [5, 5.41) is 0. The zero-order chi connectivity index (χ0) is 13.5. The van der Waals surface area contributed by atoms with Gasteiger partial charge in [0, 0.05) is 5.75 Å². The maximum Gasteiger partial charge on any atom is 0.138 e. The van der Waals surface area contributed by atoms with E-state index in [-0.39, 0.29) is 11.5 Å². The van der Waals surface area contributed by atoms with Gasteiger partial charge in [-0.25, -0.2) is 0 Å². The van der Waals surface area contributed by atoms with E-state index in [4.69, 9.17) is 4.74 Å². The average molecular weight is 284 g/mol. The quantitative estimate of drug-likeness (QED) is 0.474. The smallest absolute Gasteiger partial charge is 0.138 e. The molecule has 1 unspecified atom stereocenters. The minimum Gasteiger partial charge on any atom is -0.359 e. The van der Waals surface area contributed by atoms with Crippen LogP contribution in [0.25, 0.3) is 0 Å². The van der Waals surface area contributed by atoms with Crippen LogP contribution in [0.4, 0.5) is 0 Å². The van der Waals surface area contributed by atoms with Crippen LogP contribution in [-0.4, -0.2) is 11.9 Å². The molecule has 0 aromatic heterocycles. The van der Waals surface area contributed by atoms with Gasteiger partial charge in [0.25, 0.3) is 0 Å². The minimum absolute atomic E-state index is 0.135. The van der Waals surface area contributed by atoms with Crippen molar-refractivity contribution in [1.82, 2.24) is 0 Å². The van der Waals surface area contributed by atoms with Gasteiger partial charge < -0.3 is 4.74 Å². The van der Waals surface area contributed by atoms with Crippen LogP contribution in [0.1, 0.15) is 57.1 Å². The van der Waals surface area contributed by atoms with Gasteiger partial charge in [0.05, 0.1) is 6.10 Å². The molecule has 0 N–H and O–H groups in total. The van der Waals surface area contributed by atoms with E-state index >= 15 is 0 Å². The highest BCUT2D eigenvalue weighted by molar-refractivity contribution is 8.76. The molecule has 1 aromatic rings. The average Bonchev–Trinajstić information content (AvgIpc) is 2.34. The normalized spacial score (nSPS) is 13.3. The van der Waals surface area contributed by atoms with Crippen molar-refractivity contribution in [1.29, 1.82) is 0 Å². The predicted molar refractivity (Wildman–Crippen MR) is 85.2 cm³/mol. The molecule has 1 rings (SSSR count). The second-order valence-electron chi connectivity index (χ2n) is 4.84. The van der Waals surface area contributed by atoms with Crippen molar-refractivity contribution in [3.8, 4) is 0 Å². The third kappa shape index (κ3) is 5.25. The Balaban J connectivity index is 2.77. The van der Waals surface area contributed by atoms with Crippen LogP contribution in [0.5, 0.6) is 0 Å². The Labute approximate surface area is 119 Å². The number of hydrogen-bond acceptors (Lipinski definition) is 3. The maximum absolute atomic E-state index is 5.98. The standard InChI is InChI=1S/C15H24OS2/c1-6-17-18-15(16-12(4)5)14-9-7-13(8-10-14)11(2)3/h7-12,15H,6H2,1-5H3. The zero-order valence-electron chi connectivity index (χ0n) is 12.0. The lowest BCUT2D eigenvalue weighted by atomic mass is 10.0. The lowest BCUT2D eigenvalue weighted by molar-refractivity contribution is 0.0599. The van der Waals surface area contributed by atoms with Crippen LogP contribution in [0.15, 0.2) is 24.3 Å². The second kappa shape index (κ2) is 8.13. The maximum atomic E-state index is 5.98. The van der Waals surface area contributed by atoms with E-state index in [1.807, 2.05) is 21.6 Å². The van der Waals surface area contributed by atoms with E-state index in [1.165, 1.54) is 11.1 Å². The fourth-order valence-electron chi connectivity index (χ4n) is 1.57. The largest absolute Gasteiger partial charge is 0.359 e. The van der Waals surface area contributed by atoms with Crippen LogP contribution < -0.4 is 0 Å². The second-order valence-corrected chi connectivity index (χ2v) is 7.56. The fourth-order valence-corrected chi connectivity index (χ4v) is 3.62. The summed E-state index contributed by atoms with van der Waals surface area (Å²) in [5.74, 6) is 1.69. The van der Waals surface area contributed by atoms with Gasteiger partial charge in [-0.2, -0.15) is 0 Å². The van der Waals surface area contributed by atoms with Crippen molar-refractivity contribution in [2.45, 2.75) is 52.1 Å². The summed E-state index contributed by atoms with van der Waals surface area (Å²) in [6.45, 7) is 10.8. The van der Waals surface area contributed by atoms with Gasteiger partial charge >= 0.3 is 0 Å². The number of hydrogen-bond donors (Lipinski definition) is 0. The first kappa shape index (κ1) is 15.9. The van der Waals surface area contributed by atoms with Gasteiger partial charge in [-0.15, -0.1) is 0 Å². The monoisotopic (exact) mass is 284 g/mol. The molecule has 0 aliphatic rings. The third-order valence-electron chi connectivity index (χ3n) is 2.54. The zero-order valence-corrected chi connectivity index (χ0v) is 13.6. The predicted octanol–water partition coefficient (Wildman–Crippen LogP) is 5.63. The van der Waals surface area contributed by atoms with Crippen molar-refractivity contribution in [3.05, 3.63) is 35.4 Å². The molecule has 0 heterocycles. The molecule has 0 spiro atoms. The van der Waals surface area contributed by atoms with E-state index in [0.29, 0.717) is 5.92 Å². The van der Waals surface area contributed by atoms with Crippen LogP contribution in [0.2, 0.25) is 0 Å². The molecule has 0 saturated heterocycles. The first-order chi connectivity index (χ1) is 8.54. The number of ether oxygens (including phenoxy) is 1. The summed E-state index contributed by atoms with van der Waals surface area (Å²) in [4.78, 5) is 0. The van der Waals surface area contributed by atoms with Crippen molar-refractivity contribution in [2.24, 2.45) is 0 Å². The van der Waals surface area contributed by atoms with Crippen LogP contribution in [0.3, 0.4) is 0 Å². The Morgan fingerprint density at radius 3 is 2.00 bits per heavy atom. The Hall–Kier alpha value is -0.120. The van der Waals surface area contributed by atoms with Crippen LogP contribution >= 0.6 is 21.6 Å².